The van der Waals surface area contributed by atoms with Crippen LogP contribution in [0.25, 0.3) is 10.9 Å². The summed E-state index contributed by atoms with van der Waals surface area (Å²) in [6.45, 7) is 1.17. The Bertz CT molecular complexity index is 835. The zero-order valence-electron chi connectivity index (χ0n) is 12.0. The molecule has 22 heavy (non-hydrogen) atoms. The van der Waals surface area contributed by atoms with Gasteiger partial charge in [0.05, 0.1) is 7.11 Å². The lowest BCUT2D eigenvalue weighted by Gasteiger charge is -2.00. The smallest absolute Gasteiger partial charge is 0.384 e. The Morgan fingerprint density at radius 3 is 2.64 bits per heavy atom. The molecule has 0 fully saturated rings. The number of Topliss-reactive ketones (excluding diaryl/α,β-unsaturated/α-hetero) is 1. The van der Waals surface area contributed by atoms with Crippen molar-refractivity contribution >= 4 is 28.6 Å². The van der Waals surface area contributed by atoms with E-state index in [4.69, 9.17) is 5.11 Å². The first-order valence-corrected chi connectivity index (χ1v) is 6.38. The Labute approximate surface area is 126 Å². The van der Waals surface area contributed by atoms with E-state index in [-0.39, 0.29) is 12.3 Å². The monoisotopic (exact) mass is 299 g/mol. The third-order valence-electron chi connectivity index (χ3n) is 3.06. The Morgan fingerprint density at radius 2 is 2.05 bits per heavy atom. The summed E-state index contributed by atoms with van der Waals surface area (Å²) >= 11 is 0. The number of aromatic nitrogens is 1. The molecule has 1 aromatic heterocycles. The van der Waals surface area contributed by atoms with E-state index in [9.17, 15) is 14.4 Å². The van der Waals surface area contributed by atoms with Crippen LogP contribution in [0.2, 0.25) is 0 Å². The number of aliphatic carboxylic acids is 1. The number of methoxy groups -OCH3 is 1. The summed E-state index contributed by atoms with van der Waals surface area (Å²) < 4.78 is 5.93. The van der Waals surface area contributed by atoms with Gasteiger partial charge < -0.3 is 14.4 Å². The molecule has 0 radical (unpaired) electrons. The van der Waals surface area contributed by atoms with Crippen molar-refractivity contribution in [3.63, 3.8) is 0 Å². The topological polar surface area (TPSA) is 85.6 Å². The molecule has 2 rings (SSSR count). The second-order valence-electron chi connectivity index (χ2n) is 4.59. The van der Waals surface area contributed by atoms with Crippen LogP contribution in [0, 0.1) is 11.8 Å². The maximum absolute atomic E-state index is 11.7. The minimum atomic E-state index is -0.999. The molecule has 0 atom stereocenters. The predicted octanol–water partition coefficient (Wildman–Crippen LogP) is 1.45. The molecular formula is C16H13NO5. The number of hydrogen-bond acceptors (Lipinski definition) is 4. The Balaban J connectivity index is 2.57. The molecule has 1 heterocycles. The minimum Gasteiger partial charge on any atom is -0.480 e. The molecule has 6 heteroatoms. The van der Waals surface area contributed by atoms with Gasteiger partial charge in [-0.15, -0.1) is 0 Å². The van der Waals surface area contributed by atoms with Gasteiger partial charge in [0.1, 0.15) is 6.54 Å². The number of nitrogens with zero attached hydrogens (tertiary/aromatic N) is 1. The van der Waals surface area contributed by atoms with Crippen molar-refractivity contribution in [2.75, 3.05) is 7.11 Å². The number of ether oxygens (including phenoxy) is 1. The fourth-order valence-electron chi connectivity index (χ4n) is 2.11. The zero-order valence-corrected chi connectivity index (χ0v) is 12.0. The predicted molar refractivity (Wildman–Crippen MR) is 78.5 cm³/mol. The summed E-state index contributed by atoms with van der Waals surface area (Å²) in [5, 5.41) is 9.52. The highest BCUT2D eigenvalue weighted by Gasteiger charge is 2.13. The van der Waals surface area contributed by atoms with Crippen LogP contribution in [0.5, 0.6) is 0 Å². The fourth-order valence-corrected chi connectivity index (χ4v) is 2.11. The van der Waals surface area contributed by atoms with Crippen molar-refractivity contribution in [2.45, 2.75) is 13.5 Å². The van der Waals surface area contributed by atoms with Crippen molar-refractivity contribution < 1.29 is 24.2 Å². The van der Waals surface area contributed by atoms with Crippen molar-refractivity contribution in [1.82, 2.24) is 4.57 Å². The maximum Gasteiger partial charge on any atom is 0.384 e. The maximum atomic E-state index is 11.7. The summed E-state index contributed by atoms with van der Waals surface area (Å²) in [4.78, 5) is 33.6. The van der Waals surface area contributed by atoms with E-state index in [2.05, 4.69) is 16.6 Å². The molecule has 0 amide bonds. The van der Waals surface area contributed by atoms with Crippen LogP contribution in [0.3, 0.4) is 0 Å². The Kier molecular flexibility index (Phi) is 4.28. The quantitative estimate of drug-likeness (QED) is 0.527. The van der Waals surface area contributed by atoms with Crippen LogP contribution < -0.4 is 0 Å². The van der Waals surface area contributed by atoms with Crippen LogP contribution in [-0.2, 0) is 20.9 Å². The molecule has 0 aliphatic rings. The van der Waals surface area contributed by atoms with Crippen LogP contribution >= 0.6 is 0 Å². The van der Waals surface area contributed by atoms with Crippen LogP contribution in [0.15, 0.2) is 24.4 Å². The average Bonchev–Trinajstić information content (AvgIpc) is 2.82. The number of carbonyl (C=O) groups excluding carboxylic acids is 2. The van der Waals surface area contributed by atoms with E-state index in [1.807, 2.05) is 0 Å². The molecule has 112 valence electrons. The number of hydrogen-bond donors (Lipinski definition) is 1. The molecule has 0 unspecified atom stereocenters. The third-order valence-corrected chi connectivity index (χ3v) is 3.06. The van der Waals surface area contributed by atoms with Crippen molar-refractivity contribution in [3.8, 4) is 11.8 Å². The van der Waals surface area contributed by atoms with Gasteiger partial charge >= 0.3 is 11.9 Å². The van der Waals surface area contributed by atoms with Gasteiger partial charge in [-0.25, -0.2) is 4.79 Å². The summed E-state index contributed by atoms with van der Waals surface area (Å²) in [6.07, 6.45) is 1.51. The average molecular weight is 299 g/mol. The standard InChI is InChI=1S/C16H13NO5/c1-10(18)13-8-17(9-15(19)20)14-5-3-11(7-12(13)14)4-6-16(21)22-2/h3,5,7-8H,9H2,1-2H3,(H,19,20). The third kappa shape index (κ3) is 3.15. The normalized spacial score (nSPS) is 9.91. The number of ketones is 1. The first kappa shape index (κ1) is 15.3. The highest BCUT2D eigenvalue weighted by Crippen LogP contribution is 2.23. The molecule has 6 nitrogen and oxygen atoms in total. The lowest BCUT2D eigenvalue weighted by atomic mass is 10.1. The highest BCUT2D eigenvalue weighted by molar-refractivity contribution is 6.07. The summed E-state index contributed by atoms with van der Waals surface area (Å²) in [5.74, 6) is 3.12. The summed E-state index contributed by atoms with van der Waals surface area (Å²) in [6, 6.07) is 4.98. The van der Waals surface area contributed by atoms with Crippen LogP contribution in [-0.4, -0.2) is 34.5 Å². The number of carboxylic acids is 1. The van der Waals surface area contributed by atoms with Crippen molar-refractivity contribution in [2.24, 2.45) is 0 Å². The van der Waals surface area contributed by atoms with Gasteiger partial charge in [-0.2, -0.15) is 0 Å². The van der Waals surface area contributed by atoms with Crippen LogP contribution in [0.1, 0.15) is 22.8 Å². The van der Waals surface area contributed by atoms with Crippen molar-refractivity contribution in [3.05, 3.63) is 35.5 Å². The molecule has 0 saturated carbocycles. The molecule has 1 N–H and O–H groups in total. The number of benzene rings is 1. The van der Waals surface area contributed by atoms with E-state index in [1.54, 1.807) is 18.2 Å². The van der Waals surface area contributed by atoms with Gasteiger partial charge in [-0.3, -0.25) is 9.59 Å². The highest BCUT2D eigenvalue weighted by atomic mass is 16.5. The first-order valence-electron chi connectivity index (χ1n) is 6.38. The van der Waals surface area contributed by atoms with Gasteiger partial charge in [-0.1, -0.05) is 5.92 Å². The Morgan fingerprint density at radius 1 is 1.32 bits per heavy atom. The van der Waals surface area contributed by atoms with E-state index < -0.39 is 11.9 Å². The number of esters is 1. The van der Waals surface area contributed by atoms with Gasteiger partial charge in [0.25, 0.3) is 0 Å². The summed E-state index contributed by atoms with van der Waals surface area (Å²) in [7, 11) is 1.24. The number of rotatable bonds is 3. The second kappa shape index (κ2) is 6.14. The number of fused-ring (bicyclic) bond motifs is 1. The van der Waals surface area contributed by atoms with Gasteiger partial charge in [0.15, 0.2) is 5.78 Å². The molecular weight excluding hydrogens is 286 g/mol. The van der Waals surface area contributed by atoms with Gasteiger partial charge in [-0.05, 0) is 25.1 Å². The number of carboxylic acid groups (broad SMARTS) is 1. The molecule has 0 bridgehead atoms. The second-order valence-corrected chi connectivity index (χ2v) is 4.59. The molecule has 2 aromatic rings. The minimum absolute atomic E-state index is 0.174. The van der Waals surface area contributed by atoms with Crippen LogP contribution in [0.4, 0.5) is 0 Å². The van der Waals surface area contributed by atoms with Gasteiger partial charge in [0.2, 0.25) is 0 Å². The molecule has 1 aromatic carbocycles. The number of carbonyl (C=O) groups is 3. The lowest BCUT2D eigenvalue weighted by Crippen LogP contribution is -2.07. The molecule has 0 spiro atoms. The van der Waals surface area contributed by atoms with Gasteiger partial charge in [0, 0.05) is 34.1 Å². The SMILES string of the molecule is COC(=O)C#Cc1ccc2c(c1)c(C(C)=O)cn2CC(=O)O. The summed E-state index contributed by atoms with van der Waals surface area (Å²) in [5.41, 5.74) is 1.57. The largest absolute Gasteiger partial charge is 0.480 e. The molecule has 0 aliphatic heterocycles. The molecule has 0 saturated heterocycles. The Hall–Kier alpha value is -3.07. The van der Waals surface area contributed by atoms with Crippen molar-refractivity contribution in [1.29, 1.82) is 0 Å². The zero-order chi connectivity index (χ0) is 16.3. The fraction of sp³-hybridized carbons (Fsp3) is 0.188. The van der Waals surface area contributed by atoms with E-state index in [0.29, 0.717) is 22.0 Å². The lowest BCUT2D eigenvalue weighted by molar-refractivity contribution is -0.137. The van der Waals surface area contributed by atoms with E-state index in [0.717, 1.165) is 0 Å². The van der Waals surface area contributed by atoms with E-state index in [1.165, 1.54) is 24.8 Å². The van der Waals surface area contributed by atoms with E-state index >= 15 is 0 Å². The first-order chi connectivity index (χ1) is 10.4. The molecule has 0 aliphatic carbocycles.